The number of carbonyl (C=O) groups excluding carboxylic acids is 1. The predicted octanol–water partition coefficient (Wildman–Crippen LogP) is 5.91. The quantitative estimate of drug-likeness (QED) is 0.352. The minimum atomic E-state index is -0.0433. The molecule has 0 bridgehead atoms. The van der Waals surface area contributed by atoms with Crippen molar-refractivity contribution in [2.75, 3.05) is 5.32 Å². The Balaban J connectivity index is 1.68. The number of thioether (sulfide) groups is 1. The van der Waals surface area contributed by atoms with Crippen LogP contribution in [0.5, 0.6) is 0 Å². The molecule has 0 aliphatic rings. The number of carbonyl (C=O) groups is 1. The van der Waals surface area contributed by atoms with Gasteiger partial charge in [0.25, 0.3) is 0 Å². The molecule has 0 saturated carbocycles. The molecule has 0 unspecified atom stereocenters. The van der Waals surface area contributed by atoms with Gasteiger partial charge in [-0.15, -0.1) is 22.0 Å². The lowest BCUT2D eigenvalue weighted by molar-refractivity contribution is -0.115. The van der Waals surface area contributed by atoms with Crippen LogP contribution >= 0.6 is 11.8 Å². The van der Waals surface area contributed by atoms with Crippen LogP contribution < -0.4 is 5.32 Å². The lowest BCUT2D eigenvalue weighted by Gasteiger charge is -2.21. The van der Waals surface area contributed by atoms with Gasteiger partial charge in [-0.25, -0.2) is 0 Å². The molecule has 0 spiro atoms. The van der Waals surface area contributed by atoms with E-state index >= 15 is 0 Å². The maximum Gasteiger partial charge on any atom is 0.228 e. The molecule has 0 aliphatic heterocycles. The standard InChI is InChI=1S/C26H27N5OS/c1-17-9-11-18(12-10-17)15-24(32)27-22-16-19(13-14-23(22)33-26(2,3)4)20-7-5-6-8-21(20)25-28-30-31-29-25/h5-14,16H,15H2,1-4H3,(H,27,32)(H,28,29,30,31). The highest BCUT2D eigenvalue weighted by atomic mass is 32.2. The number of nitrogens with zero attached hydrogens (tertiary/aromatic N) is 3. The van der Waals surface area contributed by atoms with Crippen molar-refractivity contribution in [2.24, 2.45) is 0 Å². The minimum absolute atomic E-state index is 0.000487. The third-order valence-electron chi connectivity index (χ3n) is 4.98. The van der Waals surface area contributed by atoms with E-state index in [1.165, 1.54) is 5.56 Å². The number of benzene rings is 3. The highest BCUT2D eigenvalue weighted by Gasteiger charge is 2.18. The van der Waals surface area contributed by atoms with E-state index < -0.39 is 0 Å². The van der Waals surface area contributed by atoms with Gasteiger partial charge in [-0.05, 0) is 41.0 Å². The molecule has 3 aromatic carbocycles. The van der Waals surface area contributed by atoms with E-state index in [-0.39, 0.29) is 10.7 Å². The number of hydrogen-bond acceptors (Lipinski definition) is 5. The Morgan fingerprint density at radius 2 is 1.73 bits per heavy atom. The molecule has 1 amide bonds. The van der Waals surface area contributed by atoms with Gasteiger partial charge in [0.15, 0.2) is 0 Å². The molecule has 0 saturated heterocycles. The summed E-state index contributed by atoms with van der Waals surface area (Å²) in [6.45, 7) is 8.52. The lowest BCUT2D eigenvalue weighted by atomic mass is 9.99. The summed E-state index contributed by atoms with van der Waals surface area (Å²) in [4.78, 5) is 14.0. The van der Waals surface area contributed by atoms with E-state index in [9.17, 15) is 4.79 Å². The minimum Gasteiger partial charge on any atom is -0.325 e. The summed E-state index contributed by atoms with van der Waals surface area (Å²) in [5.41, 5.74) is 5.78. The Labute approximate surface area is 198 Å². The van der Waals surface area contributed by atoms with Crippen LogP contribution in [0.1, 0.15) is 31.9 Å². The SMILES string of the molecule is Cc1ccc(CC(=O)Nc2cc(-c3ccccc3-c3nn[nH]n3)ccc2SC(C)(C)C)cc1. The number of amides is 1. The fourth-order valence-electron chi connectivity index (χ4n) is 3.51. The fraction of sp³-hybridized carbons (Fsp3) is 0.231. The summed E-state index contributed by atoms with van der Waals surface area (Å²) >= 11 is 1.73. The number of nitrogens with one attached hydrogen (secondary N) is 2. The molecule has 0 aliphatic carbocycles. The van der Waals surface area contributed by atoms with Crippen LogP contribution in [0.15, 0.2) is 71.6 Å². The topological polar surface area (TPSA) is 83.6 Å². The average Bonchev–Trinajstić information content (AvgIpc) is 3.30. The fourth-order valence-corrected chi connectivity index (χ4v) is 4.52. The van der Waals surface area contributed by atoms with Gasteiger partial charge in [0.05, 0.1) is 12.1 Å². The van der Waals surface area contributed by atoms with Gasteiger partial charge >= 0.3 is 0 Å². The number of rotatable bonds is 6. The van der Waals surface area contributed by atoms with Gasteiger partial charge in [-0.2, -0.15) is 5.21 Å². The second kappa shape index (κ2) is 9.58. The lowest BCUT2D eigenvalue weighted by Crippen LogP contribution is -2.16. The number of aryl methyl sites for hydroxylation is 1. The third-order valence-corrected chi connectivity index (χ3v) is 6.17. The van der Waals surface area contributed by atoms with Crippen molar-refractivity contribution in [2.45, 2.75) is 43.8 Å². The average molecular weight is 458 g/mol. The van der Waals surface area contributed by atoms with Crippen molar-refractivity contribution in [3.8, 4) is 22.5 Å². The first-order valence-electron chi connectivity index (χ1n) is 10.8. The van der Waals surface area contributed by atoms with E-state index in [1.54, 1.807) is 11.8 Å². The molecular formula is C26H27N5OS. The van der Waals surface area contributed by atoms with Gasteiger partial charge in [0, 0.05) is 15.2 Å². The molecule has 6 nitrogen and oxygen atoms in total. The van der Waals surface area contributed by atoms with Crippen molar-refractivity contribution < 1.29 is 4.79 Å². The zero-order valence-electron chi connectivity index (χ0n) is 19.2. The van der Waals surface area contributed by atoms with Crippen LogP contribution in [0.4, 0.5) is 5.69 Å². The molecule has 0 atom stereocenters. The smallest absolute Gasteiger partial charge is 0.228 e. The predicted molar refractivity (Wildman–Crippen MR) is 134 cm³/mol. The first-order valence-corrected chi connectivity index (χ1v) is 11.6. The number of anilines is 1. The maximum atomic E-state index is 12.9. The molecule has 0 radical (unpaired) electrons. The summed E-state index contributed by atoms with van der Waals surface area (Å²) in [7, 11) is 0. The van der Waals surface area contributed by atoms with Crippen molar-refractivity contribution in [1.29, 1.82) is 0 Å². The number of aromatic amines is 1. The van der Waals surface area contributed by atoms with Crippen LogP contribution in [0, 0.1) is 6.92 Å². The van der Waals surface area contributed by atoms with Gasteiger partial charge in [-0.3, -0.25) is 4.79 Å². The molecular weight excluding hydrogens is 430 g/mol. The Bertz CT molecular complexity index is 1240. The molecule has 0 fully saturated rings. The van der Waals surface area contributed by atoms with Crippen molar-refractivity contribution in [3.05, 3.63) is 77.9 Å². The summed E-state index contributed by atoms with van der Waals surface area (Å²) in [5.74, 6) is 0.488. The Hall–Kier alpha value is -3.45. The largest absolute Gasteiger partial charge is 0.325 e. The van der Waals surface area contributed by atoms with E-state index in [4.69, 9.17) is 0 Å². The van der Waals surface area contributed by atoms with Crippen molar-refractivity contribution in [3.63, 3.8) is 0 Å². The van der Waals surface area contributed by atoms with Crippen LogP contribution in [0.2, 0.25) is 0 Å². The molecule has 4 rings (SSSR count). The van der Waals surface area contributed by atoms with E-state index in [0.717, 1.165) is 32.8 Å². The Morgan fingerprint density at radius 1 is 1.00 bits per heavy atom. The molecule has 4 aromatic rings. The van der Waals surface area contributed by atoms with Crippen molar-refractivity contribution >= 4 is 23.4 Å². The number of H-pyrrole nitrogens is 1. The number of hydrogen-bond donors (Lipinski definition) is 2. The monoisotopic (exact) mass is 457 g/mol. The van der Waals surface area contributed by atoms with Gasteiger partial charge in [0.2, 0.25) is 11.7 Å². The summed E-state index contributed by atoms with van der Waals surface area (Å²) < 4.78 is 0.000487. The summed E-state index contributed by atoms with van der Waals surface area (Å²) in [5, 5.41) is 17.6. The Morgan fingerprint density at radius 3 is 2.39 bits per heavy atom. The molecule has 7 heteroatoms. The molecule has 1 heterocycles. The zero-order valence-corrected chi connectivity index (χ0v) is 20.0. The Kier molecular flexibility index (Phi) is 6.60. The molecule has 168 valence electrons. The van der Waals surface area contributed by atoms with Crippen molar-refractivity contribution in [1.82, 2.24) is 20.6 Å². The van der Waals surface area contributed by atoms with Crippen LogP contribution in [-0.4, -0.2) is 31.3 Å². The zero-order chi connectivity index (χ0) is 23.4. The van der Waals surface area contributed by atoms with Crippen LogP contribution in [0.25, 0.3) is 22.5 Å². The van der Waals surface area contributed by atoms with Gasteiger partial charge in [0.1, 0.15) is 0 Å². The van der Waals surface area contributed by atoms with E-state index in [1.807, 2.05) is 61.5 Å². The van der Waals surface area contributed by atoms with Gasteiger partial charge < -0.3 is 5.32 Å². The van der Waals surface area contributed by atoms with Gasteiger partial charge in [-0.1, -0.05) is 80.9 Å². The van der Waals surface area contributed by atoms with Crippen LogP contribution in [0.3, 0.4) is 0 Å². The maximum absolute atomic E-state index is 12.9. The summed E-state index contributed by atoms with van der Waals surface area (Å²) in [6, 6.07) is 22.1. The second-order valence-corrected chi connectivity index (χ2v) is 10.8. The van der Waals surface area contributed by atoms with Crippen LogP contribution in [-0.2, 0) is 11.2 Å². The first kappa shape index (κ1) is 22.7. The third kappa shape index (κ3) is 5.87. The number of tetrazole rings is 1. The summed E-state index contributed by atoms with van der Waals surface area (Å²) in [6.07, 6.45) is 0.323. The highest BCUT2D eigenvalue weighted by Crippen LogP contribution is 2.40. The van der Waals surface area contributed by atoms with E-state index in [2.05, 4.69) is 58.8 Å². The molecule has 2 N–H and O–H groups in total. The molecule has 33 heavy (non-hydrogen) atoms. The normalized spacial score (nSPS) is 11.4. The number of aromatic nitrogens is 4. The highest BCUT2D eigenvalue weighted by molar-refractivity contribution is 8.00. The first-order chi connectivity index (χ1) is 15.8. The second-order valence-electron chi connectivity index (χ2n) is 8.92. The van der Waals surface area contributed by atoms with E-state index in [0.29, 0.717) is 12.2 Å². The molecule has 1 aromatic heterocycles.